The predicted octanol–water partition coefficient (Wildman–Crippen LogP) is 3.90. The molecule has 1 N–H and O–H groups in total. The summed E-state index contributed by atoms with van der Waals surface area (Å²) in [6.07, 6.45) is 1.10. The van der Waals surface area contributed by atoms with Gasteiger partial charge in [-0.2, -0.15) is 0 Å². The molecule has 108 valence electrons. The minimum absolute atomic E-state index is 0.182. The molecular weight excluding hydrogens is 234 g/mol. The van der Waals surface area contributed by atoms with E-state index < -0.39 is 0 Å². The number of methoxy groups -OCH3 is 1. The lowest BCUT2D eigenvalue weighted by molar-refractivity contribution is 0.312. The second kappa shape index (κ2) is 6.95. The van der Waals surface area contributed by atoms with Gasteiger partial charge in [0, 0.05) is 5.54 Å². The average molecular weight is 263 g/mol. The zero-order valence-corrected chi connectivity index (χ0v) is 13.3. The quantitative estimate of drug-likeness (QED) is 0.840. The van der Waals surface area contributed by atoms with Crippen molar-refractivity contribution < 1.29 is 4.74 Å². The van der Waals surface area contributed by atoms with E-state index in [0.717, 1.165) is 18.7 Å². The van der Waals surface area contributed by atoms with Crippen LogP contribution in [0.3, 0.4) is 0 Å². The molecule has 1 aromatic carbocycles. The third-order valence-electron chi connectivity index (χ3n) is 3.47. The van der Waals surface area contributed by atoms with E-state index in [1.165, 1.54) is 5.56 Å². The third kappa shape index (κ3) is 6.11. The first-order chi connectivity index (χ1) is 8.81. The minimum atomic E-state index is 0.182. The fourth-order valence-corrected chi connectivity index (χ4v) is 2.08. The Morgan fingerprint density at radius 2 is 1.89 bits per heavy atom. The molecule has 0 aliphatic heterocycles. The molecule has 0 aliphatic rings. The second-order valence-corrected chi connectivity index (χ2v) is 6.69. The molecule has 1 rings (SSSR count). The molecule has 2 heteroatoms. The fourth-order valence-electron chi connectivity index (χ4n) is 2.08. The molecule has 1 aromatic rings. The summed E-state index contributed by atoms with van der Waals surface area (Å²) >= 11 is 0. The number of ether oxygens (including phenoxy) is 1. The van der Waals surface area contributed by atoms with Gasteiger partial charge in [0.05, 0.1) is 7.11 Å². The second-order valence-electron chi connectivity index (χ2n) is 6.69. The molecule has 0 aromatic heterocycles. The van der Waals surface area contributed by atoms with Crippen LogP contribution in [-0.4, -0.2) is 19.2 Å². The van der Waals surface area contributed by atoms with E-state index in [9.17, 15) is 0 Å². The number of hydrogen-bond acceptors (Lipinski definition) is 2. The van der Waals surface area contributed by atoms with Crippen molar-refractivity contribution in [2.24, 2.45) is 11.8 Å². The maximum absolute atomic E-state index is 5.30. The Hall–Kier alpha value is -1.02. The molecule has 0 amide bonds. The van der Waals surface area contributed by atoms with E-state index in [0.29, 0.717) is 11.8 Å². The summed E-state index contributed by atoms with van der Waals surface area (Å²) < 4.78 is 5.30. The van der Waals surface area contributed by atoms with E-state index in [2.05, 4.69) is 58.1 Å². The van der Waals surface area contributed by atoms with E-state index in [4.69, 9.17) is 4.74 Å². The monoisotopic (exact) mass is 263 g/mol. The standard InChI is InChI=1S/C17H29NO/c1-13(2)15(12-18-17(3,4)5)10-14-8-7-9-16(11-14)19-6/h7-9,11,13,15,18H,10,12H2,1-6H3. The molecule has 0 heterocycles. The highest BCUT2D eigenvalue weighted by Crippen LogP contribution is 2.20. The van der Waals surface area contributed by atoms with Gasteiger partial charge in [0.25, 0.3) is 0 Å². The van der Waals surface area contributed by atoms with Crippen molar-refractivity contribution in [1.29, 1.82) is 0 Å². The van der Waals surface area contributed by atoms with E-state index >= 15 is 0 Å². The molecule has 0 fully saturated rings. The van der Waals surface area contributed by atoms with E-state index in [1.54, 1.807) is 7.11 Å². The van der Waals surface area contributed by atoms with Gasteiger partial charge in [0.15, 0.2) is 0 Å². The van der Waals surface area contributed by atoms with Crippen LogP contribution in [-0.2, 0) is 6.42 Å². The summed E-state index contributed by atoms with van der Waals surface area (Å²) in [4.78, 5) is 0. The Bertz CT molecular complexity index is 379. The molecule has 2 nitrogen and oxygen atoms in total. The van der Waals surface area contributed by atoms with Crippen molar-refractivity contribution in [2.75, 3.05) is 13.7 Å². The molecule has 1 atom stereocenters. The molecule has 0 saturated carbocycles. The van der Waals surface area contributed by atoms with Gasteiger partial charge in [-0.25, -0.2) is 0 Å². The highest BCUT2D eigenvalue weighted by atomic mass is 16.5. The molecule has 0 bridgehead atoms. The summed E-state index contributed by atoms with van der Waals surface area (Å²) in [6, 6.07) is 8.41. The lowest BCUT2D eigenvalue weighted by Crippen LogP contribution is -2.40. The van der Waals surface area contributed by atoms with Crippen molar-refractivity contribution in [2.45, 2.75) is 46.6 Å². The molecular formula is C17H29NO. The van der Waals surface area contributed by atoms with Crippen molar-refractivity contribution >= 4 is 0 Å². The Kier molecular flexibility index (Phi) is 5.86. The number of rotatable bonds is 6. The zero-order chi connectivity index (χ0) is 14.5. The minimum Gasteiger partial charge on any atom is -0.497 e. The Morgan fingerprint density at radius 1 is 1.21 bits per heavy atom. The summed E-state index contributed by atoms with van der Waals surface area (Å²) in [5.74, 6) is 2.26. The van der Waals surface area contributed by atoms with Gasteiger partial charge in [-0.3, -0.25) is 0 Å². The van der Waals surface area contributed by atoms with Crippen LogP contribution >= 0.6 is 0 Å². The van der Waals surface area contributed by atoms with Crippen LogP contribution in [0, 0.1) is 11.8 Å². The van der Waals surface area contributed by atoms with Crippen LogP contribution in [0.5, 0.6) is 5.75 Å². The first-order valence-electron chi connectivity index (χ1n) is 7.20. The SMILES string of the molecule is COc1cccc(CC(CNC(C)(C)C)C(C)C)c1. The van der Waals surface area contributed by atoms with Gasteiger partial charge in [-0.05, 0) is 63.3 Å². The van der Waals surface area contributed by atoms with Crippen molar-refractivity contribution in [1.82, 2.24) is 5.32 Å². The highest BCUT2D eigenvalue weighted by molar-refractivity contribution is 5.28. The largest absolute Gasteiger partial charge is 0.497 e. The normalized spacial score (nSPS) is 13.6. The topological polar surface area (TPSA) is 21.3 Å². The molecule has 0 saturated heterocycles. The first-order valence-corrected chi connectivity index (χ1v) is 7.20. The highest BCUT2D eigenvalue weighted by Gasteiger charge is 2.17. The Labute approximate surface area is 118 Å². The van der Waals surface area contributed by atoms with Crippen molar-refractivity contribution in [3.63, 3.8) is 0 Å². The fraction of sp³-hybridized carbons (Fsp3) is 0.647. The predicted molar refractivity (Wildman–Crippen MR) is 82.8 cm³/mol. The summed E-state index contributed by atoms with van der Waals surface area (Å²) in [7, 11) is 1.72. The Balaban J connectivity index is 2.67. The van der Waals surface area contributed by atoms with Crippen LogP contribution in [0.2, 0.25) is 0 Å². The van der Waals surface area contributed by atoms with E-state index in [-0.39, 0.29) is 5.54 Å². The lowest BCUT2D eigenvalue weighted by atomic mass is 9.88. The Morgan fingerprint density at radius 3 is 2.42 bits per heavy atom. The molecule has 0 aliphatic carbocycles. The van der Waals surface area contributed by atoms with Gasteiger partial charge < -0.3 is 10.1 Å². The van der Waals surface area contributed by atoms with Crippen LogP contribution in [0.15, 0.2) is 24.3 Å². The third-order valence-corrected chi connectivity index (χ3v) is 3.47. The number of nitrogens with one attached hydrogen (secondary N) is 1. The van der Waals surface area contributed by atoms with Crippen LogP contribution in [0.25, 0.3) is 0 Å². The van der Waals surface area contributed by atoms with Gasteiger partial charge in [-0.1, -0.05) is 26.0 Å². The van der Waals surface area contributed by atoms with Crippen molar-refractivity contribution in [3.05, 3.63) is 29.8 Å². The van der Waals surface area contributed by atoms with Gasteiger partial charge in [-0.15, -0.1) is 0 Å². The lowest BCUT2D eigenvalue weighted by Gasteiger charge is -2.27. The molecule has 1 unspecified atom stereocenters. The first kappa shape index (κ1) is 16.0. The average Bonchev–Trinajstić information content (AvgIpc) is 2.33. The van der Waals surface area contributed by atoms with Crippen LogP contribution in [0.4, 0.5) is 0 Å². The van der Waals surface area contributed by atoms with E-state index in [1.807, 2.05) is 6.07 Å². The summed E-state index contributed by atoms with van der Waals surface area (Å²) in [5.41, 5.74) is 1.54. The van der Waals surface area contributed by atoms with Crippen LogP contribution in [0.1, 0.15) is 40.2 Å². The summed E-state index contributed by atoms with van der Waals surface area (Å²) in [5, 5.41) is 3.62. The maximum atomic E-state index is 5.30. The smallest absolute Gasteiger partial charge is 0.119 e. The number of benzene rings is 1. The molecule has 19 heavy (non-hydrogen) atoms. The molecule has 0 spiro atoms. The van der Waals surface area contributed by atoms with Gasteiger partial charge >= 0.3 is 0 Å². The molecule has 0 radical (unpaired) electrons. The van der Waals surface area contributed by atoms with Crippen LogP contribution < -0.4 is 10.1 Å². The van der Waals surface area contributed by atoms with Crippen molar-refractivity contribution in [3.8, 4) is 5.75 Å². The number of hydrogen-bond donors (Lipinski definition) is 1. The summed E-state index contributed by atoms with van der Waals surface area (Å²) in [6.45, 7) is 12.3. The zero-order valence-electron chi connectivity index (χ0n) is 13.3. The maximum Gasteiger partial charge on any atom is 0.119 e. The van der Waals surface area contributed by atoms with Gasteiger partial charge in [0.1, 0.15) is 5.75 Å². The van der Waals surface area contributed by atoms with Gasteiger partial charge in [0.2, 0.25) is 0 Å².